The second kappa shape index (κ2) is 5.51. The van der Waals surface area contributed by atoms with Crippen LogP contribution in [-0.4, -0.2) is 15.2 Å². The Kier molecular flexibility index (Phi) is 3.89. The lowest BCUT2D eigenvalue weighted by Crippen LogP contribution is -2.26. The van der Waals surface area contributed by atoms with Crippen LogP contribution in [0.1, 0.15) is 28.6 Å². The minimum absolute atomic E-state index is 0.112. The van der Waals surface area contributed by atoms with E-state index in [9.17, 15) is 0 Å². The van der Waals surface area contributed by atoms with Crippen LogP contribution in [0.15, 0.2) is 28.7 Å². The number of nitrogens with one attached hydrogen (secondary N) is 1. The number of rotatable bonds is 3. The van der Waals surface area contributed by atoms with E-state index in [1.165, 1.54) is 11.1 Å². The van der Waals surface area contributed by atoms with Crippen LogP contribution in [0, 0.1) is 6.92 Å². The minimum Gasteiger partial charge on any atom is -0.303 e. The average molecular weight is 355 g/mol. The van der Waals surface area contributed by atoms with Crippen molar-refractivity contribution < 1.29 is 0 Å². The molecule has 1 aromatic carbocycles. The highest BCUT2D eigenvalue weighted by molar-refractivity contribution is 9.10. The van der Waals surface area contributed by atoms with Crippen molar-refractivity contribution in [1.29, 1.82) is 0 Å². The fourth-order valence-corrected chi connectivity index (χ4v) is 3.73. The Hall–Kier alpha value is -0.840. The lowest BCUT2D eigenvalue weighted by molar-refractivity contribution is 0.516. The normalized spacial score (nSPS) is 21.2. The summed E-state index contributed by atoms with van der Waals surface area (Å²) in [7, 11) is 1.97. The molecule has 0 fully saturated rings. The molecule has 20 heavy (non-hydrogen) atoms. The van der Waals surface area contributed by atoms with Crippen LogP contribution in [0.25, 0.3) is 0 Å². The Morgan fingerprint density at radius 1 is 1.45 bits per heavy atom. The monoisotopic (exact) mass is 353 g/mol. The van der Waals surface area contributed by atoms with Gasteiger partial charge in [-0.1, -0.05) is 24.3 Å². The van der Waals surface area contributed by atoms with Gasteiger partial charge in [0.25, 0.3) is 0 Å². The maximum absolute atomic E-state index is 6.50. The van der Waals surface area contributed by atoms with Crippen molar-refractivity contribution >= 4 is 27.5 Å². The molecule has 0 aliphatic heterocycles. The highest BCUT2D eigenvalue weighted by Crippen LogP contribution is 2.35. The summed E-state index contributed by atoms with van der Waals surface area (Å²) in [6, 6.07) is 8.68. The van der Waals surface area contributed by atoms with E-state index < -0.39 is 0 Å². The van der Waals surface area contributed by atoms with Crippen molar-refractivity contribution in [2.75, 3.05) is 0 Å². The molecule has 1 aliphatic carbocycles. The predicted octanol–water partition coefficient (Wildman–Crippen LogP) is 3.49. The van der Waals surface area contributed by atoms with E-state index in [0.29, 0.717) is 0 Å². The average Bonchev–Trinajstić information content (AvgIpc) is 2.86. The van der Waals surface area contributed by atoms with Crippen LogP contribution in [0.4, 0.5) is 0 Å². The van der Waals surface area contributed by atoms with Crippen LogP contribution < -0.4 is 5.32 Å². The molecular weight excluding hydrogens is 338 g/mol. The number of aryl methyl sites for hydroxylation is 2. The number of nitrogens with zero attached hydrogens (tertiary/aromatic N) is 2. The van der Waals surface area contributed by atoms with Gasteiger partial charge >= 0.3 is 0 Å². The quantitative estimate of drug-likeness (QED) is 0.855. The molecule has 0 bridgehead atoms. The molecule has 3 rings (SSSR count). The van der Waals surface area contributed by atoms with Crippen LogP contribution in [0.2, 0.25) is 0 Å². The Bertz CT molecular complexity index is 638. The van der Waals surface area contributed by atoms with Gasteiger partial charge < -0.3 is 5.32 Å². The zero-order chi connectivity index (χ0) is 14.3. The largest absolute Gasteiger partial charge is 0.303 e. The highest BCUT2D eigenvalue weighted by atomic mass is 79.9. The summed E-state index contributed by atoms with van der Waals surface area (Å²) in [5, 5.41) is 8.10. The molecular formula is C15H17BrClN3. The molecule has 1 heterocycles. The fourth-order valence-electron chi connectivity index (χ4n) is 2.86. The SMILES string of the molecule is Cc1nn(C)c(CNC2c3ccccc3CC2Cl)c1Br. The lowest BCUT2D eigenvalue weighted by Gasteiger charge is -2.17. The van der Waals surface area contributed by atoms with Gasteiger partial charge in [-0.05, 0) is 40.4 Å². The first-order chi connectivity index (χ1) is 9.58. The summed E-state index contributed by atoms with van der Waals surface area (Å²) in [5.41, 5.74) is 4.84. The van der Waals surface area contributed by atoms with Crippen molar-refractivity contribution in [3.63, 3.8) is 0 Å². The molecule has 3 nitrogen and oxygen atoms in total. The maximum Gasteiger partial charge on any atom is 0.0739 e. The van der Waals surface area contributed by atoms with Crippen LogP contribution in [-0.2, 0) is 20.0 Å². The lowest BCUT2D eigenvalue weighted by atomic mass is 10.1. The zero-order valence-electron chi connectivity index (χ0n) is 11.5. The van der Waals surface area contributed by atoms with Crippen LogP contribution in [0.5, 0.6) is 0 Å². The molecule has 2 unspecified atom stereocenters. The third-order valence-electron chi connectivity index (χ3n) is 3.92. The van der Waals surface area contributed by atoms with Gasteiger partial charge in [-0.15, -0.1) is 11.6 Å². The van der Waals surface area contributed by atoms with Crippen molar-refractivity contribution in [3.05, 3.63) is 51.3 Å². The third kappa shape index (κ3) is 2.41. The first-order valence-corrected chi connectivity index (χ1v) is 7.94. The summed E-state index contributed by atoms with van der Waals surface area (Å²) in [5.74, 6) is 0. The molecule has 0 spiro atoms. The van der Waals surface area contributed by atoms with Gasteiger partial charge in [0.1, 0.15) is 0 Å². The Labute approximate surface area is 132 Å². The molecule has 5 heteroatoms. The number of hydrogen-bond donors (Lipinski definition) is 1. The number of benzene rings is 1. The highest BCUT2D eigenvalue weighted by Gasteiger charge is 2.30. The molecule has 0 saturated heterocycles. The Morgan fingerprint density at radius 3 is 2.90 bits per heavy atom. The molecule has 0 saturated carbocycles. The smallest absolute Gasteiger partial charge is 0.0739 e. The topological polar surface area (TPSA) is 29.9 Å². The third-order valence-corrected chi connectivity index (χ3v) is 5.36. The Balaban J connectivity index is 1.79. The minimum atomic E-state index is 0.112. The van der Waals surface area contributed by atoms with Gasteiger partial charge in [0.05, 0.1) is 21.2 Å². The molecule has 0 amide bonds. The number of fused-ring (bicyclic) bond motifs is 1. The molecule has 1 aliphatic rings. The van der Waals surface area contributed by atoms with Gasteiger partial charge in [-0.3, -0.25) is 4.68 Å². The van der Waals surface area contributed by atoms with Gasteiger partial charge in [0.2, 0.25) is 0 Å². The molecule has 1 N–H and O–H groups in total. The maximum atomic E-state index is 6.50. The van der Waals surface area contributed by atoms with Crippen molar-refractivity contribution in [3.8, 4) is 0 Å². The summed E-state index contributed by atoms with van der Waals surface area (Å²) >= 11 is 10.1. The van der Waals surface area contributed by atoms with E-state index in [1.54, 1.807) is 0 Å². The number of alkyl halides is 1. The van der Waals surface area contributed by atoms with Gasteiger partial charge in [0.15, 0.2) is 0 Å². The standard InChI is InChI=1S/C15H17BrClN3/c1-9-14(16)13(20(2)19-9)8-18-15-11-6-4-3-5-10(11)7-12(15)17/h3-6,12,15,18H,7-8H2,1-2H3. The molecule has 0 radical (unpaired) electrons. The van der Waals surface area contributed by atoms with Crippen molar-refractivity contribution in [2.45, 2.75) is 31.3 Å². The van der Waals surface area contributed by atoms with Gasteiger partial charge in [-0.25, -0.2) is 0 Å². The summed E-state index contributed by atoms with van der Waals surface area (Å²) in [6.07, 6.45) is 0.932. The van der Waals surface area contributed by atoms with Crippen LogP contribution in [0.3, 0.4) is 0 Å². The number of aromatic nitrogens is 2. The molecule has 106 valence electrons. The number of hydrogen-bond acceptors (Lipinski definition) is 2. The molecule has 2 atom stereocenters. The second-order valence-electron chi connectivity index (χ2n) is 5.25. The summed E-state index contributed by atoms with van der Waals surface area (Å²) < 4.78 is 2.99. The van der Waals surface area contributed by atoms with E-state index in [4.69, 9.17) is 11.6 Å². The van der Waals surface area contributed by atoms with Gasteiger partial charge in [0, 0.05) is 19.6 Å². The molecule has 2 aromatic rings. The summed E-state index contributed by atoms with van der Waals surface area (Å²) in [6.45, 7) is 2.75. The van der Waals surface area contributed by atoms with Crippen molar-refractivity contribution in [1.82, 2.24) is 15.1 Å². The predicted molar refractivity (Wildman–Crippen MR) is 85.0 cm³/mol. The van der Waals surface area contributed by atoms with E-state index in [-0.39, 0.29) is 11.4 Å². The van der Waals surface area contributed by atoms with E-state index in [0.717, 1.165) is 28.8 Å². The second-order valence-corrected chi connectivity index (χ2v) is 6.60. The fraction of sp³-hybridized carbons (Fsp3) is 0.400. The van der Waals surface area contributed by atoms with Gasteiger partial charge in [-0.2, -0.15) is 5.10 Å². The van der Waals surface area contributed by atoms with Crippen molar-refractivity contribution in [2.24, 2.45) is 7.05 Å². The first-order valence-electron chi connectivity index (χ1n) is 6.71. The van der Waals surface area contributed by atoms with E-state index in [1.807, 2.05) is 18.7 Å². The Morgan fingerprint density at radius 2 is 2.20 bits per heavy atom. The zero-order valence-corrected chi connectivity index (χ0v) is 13.9. The number of halogens is 2. The van der Waals surface area contributed by atoms with E-state index >= 15 is 0 Å². The van der Waals surface area contributed by atoms with E-state index in [2.05, 4.69) is 50.6 Å². The molecule has 1 aromatic heterocycles. The first kappa shape index (κ1) is 14.1. The summed E-state index contributed by atoms with van der Waals surface area (Å²) in [4.78, 5) is 0. The van der Waals surface area contributed by atoms with Crippen LogP contribution >= 0.6 is 27.5 Å².